The molecule has 1 heterocycles. The Balaban J connectivity index is 2.87. The maximum absolute atomic E-state index is 11.5. The van der Waals surface area contributed by atoms with Crippen LogP contribution < -0.4 is 5.84 Å². The van der Waals surface area contributed by atoms with Crippen LogP contribution >= 0.6 is 0 Å². The molecule has 2 N–H and O–H groups in total. The Bertz CT molecular complexity index is 231. The van der Waals surface area contributed by atoms with Crippen LogP contribution in [-0.4, -0.2) is 17.5 Å². The SMILES string of the molecule is CC(C)=CC1(C)CCN(N)C1=O. The van der Waals surface area contributed by atoms with E-state index >= 15 is 0 Å². The maximum atomic E-state index is 11.5. The zero-order chi connectivity index (χ0) is 9.35. The van der Waals surface area contributed by atoms with E-state index in [1.54, 1.807) is 0 Å². The quantitative estimate of drug-likeness (QED) is 0.361. The third-order valence-corrected chi connectivity index (χ3v) is 2.23. The summed E-state index contributed by atoms with van der Waals surface area (Å²) in [7, 11) is 0. The van der Waals surface area contributed by atoms with E-state index in [4.69, 9.17) is 5.84 Å². The van der Waals surface area contributed by atoms with Crippen molar-refractivity contribution in [3.63, 3.8) is 0 Å². The Hall–Kier alpha value is -0.830. The largest absolute Gasteiger partial charge is 0.280 e. The van der Waals surface area contributed by atoms with Gasteiger partial charge >= 0.3 is 0 Å². The predicted octanol–water partition coefficient (Wildman–Crippen LogP) is 1.06. The van der Waals surface area contributed by atoms with E-state index in [0.29, 0.717) is 6.54 Å². The summed E-state index contributed by atoms with van der Waals surface area (Å²) in [6.45, 7) is 6.60. The van der Waals surface area contributed by atoms with Crippen molar-refractivity contribution in [3.05, 3.63) is 11.6 Å². The number of carbonyl (C=O) groups excluding carboxylic acids is 1. The van der Waals surface area contributed by atoms with Gasteiger partial charge in [-0.3, -0.25) is 9.80 Å². The number of nitrogens with two attached hydrogens (primary N) is 1. The van der Waals surface area contributed by atoms with Crippen LogP contribution in [0.15, 0.2) is 11.6 Å². The van der Waals surface area contributed by atoms with Gasteiger partial charge in [0.25, 0.3) is 0 Å². The lowest BCUT2D eigenvalue weighted by atomic mass is 9.87. The molecular weight excluding hydrogens is 152 g/mol. The Morgan fingerprint density at radius 3 is 2.58 bits per heavy atom. The van der Waals surface area contributed by atoms with Gasteiger partial charge in [-0.15, -0.1) is 0 Å². The highest BCUT2D eigenvalue weighted by molar-refractivity contribution is 5.85. The van der Waals surface area contributed by atoms with Crippen molar-refractivity contribution in [3.8, 4) is 0 Å². The molecule has 0 saturated carbocycles. The first-order chi connectivity index (χ1) is 5.46. The molecule has 3 nitrogen and oxygen atoms in total. The summed E-state index contributed by atoms with van der Waals surface area (Å²) >= 11 is 0. The van der Waals surface area contributed by atoms with E-state index in [1.807, 2.05) is 26.8 Å². The van der Waals surface area contributed by atoms with Gasteiger partial charge in [0, 0.05) is 6.54 Å². The first-order valence-corrected chi connectivity index (χ1v) is 4.18. The summed E-state index contributed by atoms with van der Waals surface area (Å²) in [5.74, 6) is 5.52. The van der Waals surface area contributed by atoms with Gasteiger partial charge in [-0.25, -0.2) is 5.84 Å². The van der Waals surface area contributed by atoms with Gasteiger partial charge < -0.3 is 0 Å². The summed E-state index contributed by atoms with van der Waals surface area (Å²) in [6.07, 6.45) is 2.83. The summed E-state index contributed by atoms with van der Waals surface area (Å²) in [4.78, 5) is 11.5. The number of rotatable bonds is 1. The van der Waals surface area contributed by atoms with E-state index in [2.05, 4.69) is 0 Å². The molecule has 68 valence electrons. The van der Waals surface area contributed by atoms with Crippen LogP contribution in [0.1, 0.15) is 27.2 Å². The molecule has 3 heteroatoms. The minimum absolute atomic E-state index is 0.0312. The molecule has 1 atom stereocenters. The molecule has 1 aliphatic heterocycles. The van der Waals surface area contributed by atoms with Gasteiger partial charge in [0.05, 0.1) is 5.41 Å². The molecule has 1 amide bonds. The Morgan fingerprint density at radius 1 is 1.67 bits per heavy atom. The fraction of sp³-hybridized carbons (Fsp3) is 0.667. The molecule has 1 unspecified atom stereocenters. The van der Waals surface area contributed by atoms with Crippen molar-refractivity contribution in [1.29, 1.82) is 0 Å². The highest BCUT2D eigenvalue weighted by Gasteiger charge is 2.39. The van der Waals surface area contributed by atoms with Gasteiger partial charge in [0.2, 0.25) is 5.91 Å². The number of amides is 1. The molecule has 0 radical (unpaired) electrons. The van der Waals surface area contributed by atoms with Crippen LogP contribution in [0, 0.1) is 5.41 Å². The molecule has 0 aromatic rings. The molecule has 0 aromatic heterocycles. The predicted molar refractivity (Wildman–Crippen MR) is 48.1 cm³/mol. The van der Waals surface area contributed by atoms with Gasteiger partial charge in [0.15, 0.2) is 0 Å². The maximum Gasteiger partial charge on any atom is 0.246 e. The van der Waals surface area contributed by atoms with Crippen LogP contribution in [0.4, 0.5) is 0 Å². The second-order valence-electron chi connectivity index (χ2n) is 3.89. The Morgan fingerprint density at radius 2 is 2.25 bits per heavy atom. The number of hydrazine groups is 1. The highest BCUT2D eigenvalue weighted by Crippen LogP contribution is 2.32. The molecule has 0 bridgehead atoms. The lowest BCUT2D eigenvalue weighted by Crippen LogP contribution is -2.36. The van der Waals surface area contributed by atoms with Crippen molar-refractivity contribution in [2.75, 3.05) is 6.54 Å². The molecule has 1 fully saturated rings. The van der Waals surface area contributed by atoms with E-state index in [0.717, 1.165) is 6.42 Å². The highest BCUT2D eigenvalue weighted by atomic mass is 16.2. The lowest BCUT2D eigenvalue weighted by molar-refractivity contribution is -0.133. The Kier molecular flexibility index (Phi) is 2.24. The fourth-order valence-electron chi connectivity index (χ4n) is 1.66. The smallest absolute Gasteiger partial charge is 0.246 e. The average molecular weight is 168 g/mol. The molecule has 12 heavy (non-hydrogen) atoms. The normalized spacial score (nSPS) is 29.3. The van der Waals surface area contributed by atoms with E-state index < -0.39 is 0 Å². The molecule has 0 spiro atoms. The zero-order valence-corrected chi connectivity index (χ0v) is 7.92. The Labute approximate surface area is 73.2 Å². The second-order valence-corrected chi connectivity index (χ2v) is 3.89. The van der Waals surface area contributed by atoms with Crippen molar-refractivity contribution in [2.24, 2.45) is 11.3 Å². The third kappa shape index (κ3) is 1.50. The summed E-state index contributed by atoms with van der Waals surface area (Å²) in [5, 5.41) is 1.30. The van der Waals surface area contributed by atoms with Crippen LogP contribution in [0.25, 0.3) is 0 Å². The van der Waals surface area contributed by atoms with E-state index in [-0.39, 0.29) is 11.3 Å². The number of carbonyl (C=O) groups is 1. The van der Waals surface area contributed by atoms with Crippen LogP contribution in [0.3, 0.4) is 0 Å². The molecule has 1 aliphatic rings. The van der Waals surface area contributed by atoms with Crippen LogP contribution in [-0.2, 0) is 4.79 Å². The molecule has 0 aliphatic carbocycles. The van der Waals surface area contributed by atoms with Crippen LogP contribution in [0.5, 0.6) is 0 Å². The number of hydrogen-bond acceptors (Lipinski definition) is 2. The summed E-state index contributed by atoms with van der Waals surface area (Å²) < 4.78 is 0. The van der Waals surface area contributed by atoms with Gasteiger partial charge in [-0.2, -0.15) is 0 Å². The van der Waals surface area contributed by atoms with Gasteiger partial charge in [0.1, 0.15) is 0 Å². The number of allylic oxidation sites excluding steroid dienone is 1. The average Bonchev–Trinajstić information content (AvgIpc) is 2.16. The van der Waals surface area contributed by atoms with Gasteiger partial charge in [-0.1, -0.05) is 11.6 Å². The molecule has 0 aromatic carbocycles. The summed E-state index contributed by atoms with van der Waals surface area (Å²) in [6, 6.07) is 0. The van der Waals surface area contributed by atoms with Crippen molar-refractivity contribution in [1.82, 2.24) is 5.01 Å². The molecular formula is C9H16N2O. The third-order valence-electron chi connectivity index (χ3n) is 2.23. The number of nitrogens with zero attached hydrogens (tertiary/aromatic N) is 1. The monoisotopic (exact) mass is 168 g/mol. The number of hydrogen-bond donors (Lipinski definition) is 1. The van der Waals surface area contributed by atoms with Crippen LogP contribution in [0.2, 0.25) is 0 Å². The standard InChI is InChI=1S/C9H16N2O/c1-7(2)6-9(3)4-5-11(10)8(9)12/h6H,4-5,10H2,1-3H3. The second kappa shape index (κ2) is 2.90. The first kappa shape index (κ1) is 9.26. The molecule has 1 rings (SSSR count). The van der Waals surface area contributed by atoms with Crippen molar-refractivity contribution in [2.45, 2.75) is 27.2 Å². The minimum Gasteiger partial charge on any atom is -0.280 e. The van der Waals surface area contributed by atoms with E-state index in [1.165, 1.54) is 10.6 Å². The van der Waals surface area contributed by atoms with Crippen molar-refractivity contribution >= 4 is 5.91 Å². The topological polar surface area (TPSA) is 46.3 Å². The lowest BCUT2D eigenvalue weighted by Gasteiger charge is -2.17. The fourth-order valence-corrected chi connectivity index (χ4v) is 1.66. The zero-order valence-electron chi connectivity index (χ0n) is 7.92. The minimum atomic E-state index is -0.354. The molecule has 1 saturated heterocycles. The van der Waals surface area contributed by atoms with E-state index in [9.17, 15) is 4.79 Å². The van der Waals surface area contributed by atoms with Crippen molar-refractivity contribution < 1.29 is 4.79 Å². The first-order valence-electron chi connectivity index (χ1n) is 4.18. The summed E-state index contributed by atoms with van der Waals surface area (Å²) in [5.41, 5.74) is 0.814. The van der Waals surface area contributed by atoms with Gasteiger partial charge in [-0.05, 0) is 27.2 Å².